The van der Waals surface area contributed by atoms with Crippen LogP contribution in [0.2, 0.25) is 0 Å². The third-order valence-corrected chi connectivity index (χ3v) is 4.58. The molecule has 3 N–H and O–H groups in total. The Morgan fingerprint density at radius 2 is 1.56 bits per heavy atom. The number of benzene rings is 3. The van der Waals surface area contributed by atoms with Gasteiger partial charge in [-0.3, -0.25) is 4.79 Å². The molecule has 0 aliphatic rings. The van der Waals surface area contributed by atoms with Crippen molar-refractivity contribution in [1.29, 1.82) is 0 Å². The van der Waals surface area contributed by atoms with Gasteiger partial charge in [-0.25, -0.2) is 4.98 Å². The van der Waals surface area contributed by atoms with Gasteiger partial charge in [-0.15, -0.1) is 0 Å². The SMILES string of the molecule is O=C(Nc1ccc(-c2nc3ccccc3[nH]2)cc1)c1cc2ccccc2[nH]1. The molecule has 0 aliphatic heterocycles. The molecule has 0 bridgehead atoms. The number of hydrogen-bond donors (Lipinski definition) is 3. The second-order valence-electron chi connectivity index (χ2n) is 6.40. The van der Waals surface area contributed by atoms with E-state index in [9.17, 15) is 4.79 Å². The number of nitrogens with zero attached hydrogens (tertiary/aromatic N) is 1. The Morgan fingerprint density at radius 3 is 2.33 bits per heavy atom. The number of aromatic nitrogens is 3. The number of anilines is 1. The van der Waals surface area contributed by atoms with E-state index in [-0.39, 0.29) is 5.91 Å². The molecule has 0 atom stereocenters. The molecular weight excluding hydrogens is 336 g/mol. The third-order valence-electron chi connectivity index (χ3n) is 4.58. The number of hydrogen-bond acceptors (Lipinski definition) is 2. The average Bonchev–Trinajstić information content (AvgIpc) is 3.32. The number of rotatable bonds is 3. The summed E-state index contributed by atoms with van der Waals surface area (Å²) in [4.78, 5) is 23.5. The largest absolute Gasteiger partial charge is 0.351 e. The number of para-hydroxylation sites is 3. The van der Waals surface area contributed by atoms with Gasteiger partial charge in [-0.2, -0.15) is 0 Å². The van der Waals surface area contributed by atoms with E-state index in [0.717, 1.165) is 39.0 Å². The number of H-pyrrole nitrogens is 2. The zero-order valence-electron chi connectivity index (χ0n) is 14.4. The predicted octanol–water partition coefficient (Wildman–Crippen LogP) is 4.96. The molecule has 2 heterocycles. The molecule has 0 radical (unpaired) electrons. The Kier molecular flexibility index (Phi) is 3.50. The summed E-state index contributed by atoms with van der Waals surface area (Å²) >= 11 is 0. The number of imidazole rings is 1. The Morgan fingerprint density at radius 1 is 0.815 bits per heavy atom. The summed E-state index contributed by atoms with van der Waals surface area (Å²) in [5, 5.41) is 3.94. The first-order chi connectivity index (χ1) is 13.3. The molecule has 0 unspecified atom stereocenters. The molecule has 27 heavy (non-hydrogen) atoms. The summed E-state index contributed by atoms with van der Waals surface area (Å²) in [5.41, 5.74) is 5.13. The van der Waals surface area contributed by atoms with E-state index in [4.69, 9.17) is 0 Å². The lowest BCUT2D eigenvalue weighted by Gasteiger charge is -2.04. The normalized spacial score (nSPS) is 11.1. The highest BCUT2D eigenvalue weighted by Gasteiger charge is 2.10. The molecule has 5 aromatic rings. The fraction of sp³-hybridized carbons (Fsp3) is 0. The van der Waals surface area contributed by atoms with Crippen LogP contribution < -0.4 is 5.32 Å². The first-order valence-corrected chi connectivity index (χ1v) is 8.70. The van der Waals surface area contributed by atoms with E-state index in [2.05, 4.69) is 20.3 Å². The maximum atomic E-state index is 12.5. The number of carbonyl (C=O) groups excluding carboxylic acids is 1. The van der Waals surface area contributed by atoms with Gasteiger partial charge in [0, 0.05) is 22.2 Å². The summed E-state index contributed by atoms with van der Waals surface area (Å²) in [6.45, 7) is 0. The molecule has 5 heteroatoms. The van der Waals surface area contributed by atoms with Crippen molar-refractivity contribution >= 4 is 33.5 Å². The van der Waals surface area contributed by atoms with Gasteiger partial charge in [0.15, 0.2) is 0 Å². The third kappa shape index (κ3) is 2.85. The molecule has 0 aliphatic carbocycles. The maximum Gasteiger partial charge on any atom is 0.272 e. The van der Waals surface area contributed by atoms with Crippen LogP contribution in [0.3, 0.4) is 0 Å². The van der Waals surface area contributed by atoms with Crippen LogP contribution in [0.4, 0.5) is 5.69 Å². The average molecular weight is 352 g/mol. The van der Waals surface area contributed by atoms with Crippen LogP contribution in [0.15, 0.2) is 78.9 Å². The number of aromatic amines is 2. The minimum atomic E-state index is -0.164. The first-order valence-electron chi connectivity index (χ1n) is 8.70. The lowest BCUT2D eigenvalue weighted by atomic mass is 10.2. The van der Waals surface area contributed by atoms with Gasteiger partial charge in [0.2, 0.25) is 0 Å². The smallest absolute Gasteiger partial charge is 0.272 e. The molecule has 0 spiro atoms. The molecular formula is C22H16N4O. The monoisotopic (exact) mass is 352 g/mol. The van der Waals surface area contributed by atoms with Crippen molar-refractivity contribution in [3.05, 3.63) is 84.6 Å². The Bertz CT molecular complexity index is 1200. The van der Waals surface area contributed by atoms with Gasteiger partial charge in [0.05, 0.1) is 11.0 Å². The van der Waals surface area contributed by atoms with E-state index in [0.29, 0.717) is 5.69 Å². The summed E-state index contributed by atoms with van der Waals surface area (Å²) in [6, 6.07) is 25.2. The second kappa shape index (κ2) is 6.14. The standard InChI is InChI=1S/C22H16N4O/c27-22(20-13-15-5-1-2-6-17(15)24-20)23-16-11-9-14(10-12-16)21-25-18-7-3-4-8-19(18)26-21/h1-13,24H,(H,23,27)(H,25,26). The van der Waals surface area contributed by atoms with Gasteiger partial charge >= 0.3 is 0 Å². The topological polar surface area (TPSA) is 73.6 Å². The van der Waals surface area contributed by atoms with Crippen molar-refractivity contribution in [3.8, 4) is 11.4 Å². The zero-order valence-corrected chi connectivity index (χ0v) is 14.4. The quantitative estimate of drug-likeness (QED) is 0.429. The van der Waals surface area contributed by atoms with Crippen molar-refractivity contribution in [3.63, 3.8) is 0 Å². The Labute approximate surface area is 155 Å². The van der Waals surface area contributed by atoms with Crippen molar-refractivity contribution in [2.75, 3.05) is 5.32 Å². The highest BCUT2D eigenvalue weighted by Crippen LogP contribution is 2.22. The summed E-state index contributed by atoms with van der Waals surface area (Å²) in [7, 11) is 0. The minimum Gasteiger partial charge on any atom is -0.351 e. The Balaban J connectivity index is 1.37. The van der Waals surface area contributed by atoms with Gasteiger partial charge in [0.25, 0.3) is 5.91 Å². The summed E-state index contributed by atoms with van der Waals surface area (Å²) in [5.74, 6) is 0.646. The fourth-order valence-corrected chi connectivity index (χ4v) is 3.20. The van der Waals surface area contributed by atoms with Gasteiger partial charge in [0.1, 0.15) is 11.5 Å². The molecule has 3 aromatic carbocycles. The Hall–Kier alpha value is -3.86. The van der Waals surface area contributed by atoms with E-state index < -0.39 is 0 Å². The lowest BCUT2D eigenvalue weighted by Crippen LogP contribution is -2.12. The summed E-state index contributed by atoms with van der Waals surface area (Å²) in [6.07, 6.45) is 0. The zero-order chi connectivity index (χ0) is 18.2. The van der Waals surface area contributed by atoms with Crippen LogP contribution in [0.5, 0.6) is 0 Å². The van der Waals surface area contributed by atoms with Crippen molar-refractivity contribution in [1.82, 2.24) is 15.0 Å². The van der Waals surface area contributed by atoms with Crippen LogP contribution in [0.25, 0.3) is 33.3 Å². The molecule has 5 rings (SSSR count). The lowest BCUT2D eigenvalue weighted by molar-refractivity contribution is 0.102. The van der Waals surface area contributed by atoms with Crippen molar-refractivity contribution < 1.29 is 4.79 Å². The van der Waals surface area contributed by atoms with Gasteiger partial charge in [-0.1, -0.05) is 30.3 Å². The molecule has 0 fully saturated rings. The van der Waals surface area contributed by atoms with Crippen LogP contribution >= 0.6 is 0 Å². The van der Waals surface area contributed by atoms with E-state index in [1.54, 1.807) is 0 Å². The molecule has 0 saturated carbocycles. The van der Waals surface area contributed by atoms with Gasteiger partial charge in [-0.05, 0) is 48.5 Å². The molecule has 130 valence electrons. The van der Waals surface area contributed by atoms with Crippen molar-refractivity contribution in [2.45, 2.75) is 0 Å². The molecule has 0 saturated heterocycles. The molecule has 1 amide bonds. The summed E-state index contributed by atoms with van der Waals surface area (Å²) < 4.78 is 0. The molecule has 5 nitrogen and oxygen atoms in total. The first kappa shape index (κ1) is 15.4. The minimum absolute atomic E-state index is 0.164. The van der Waals surface area contributed by atoms with Crippen molar-refractivity contribution in [2.24, 2.45) is 0 Å². The fourth-order valence-electron chi connectivity index (χ4n) is 3.20. The molecule has 2 aromatic heterocycles. The van der Waals surface area contributed by atoms with Gasteiger partial charge < -0.3 is 15.3 Å². The highest BCUT2D eigenvalue weighted by atomic mass is 16.1. The highest BCUT2D eigenvalue weighted by molar-refractivity contribution is 6.06. The van der Waals surface area contributed by atoms with Crippen LogP contribution in [-0.4, -0.2) is 20.9 Å². The second-order valence-corrected chi connectivity index (χ2v) is 6.40. The maximum absolute atomic E-state index is 12.5. The van der Waals surface area contributed by atoms with E-state index in [1.165, 1.54) is 0 Å². The number of amides is 1. The number of fused-ring (bicyclic) bond motifs is 2. The number of nitrogens with one attached hydrogen (secondary N) is 3. The van der Waals surface area contributed by atoms with E-state index >= 15 is 0 Å². The number of carbonyl (C=O) groups is 1. The van der Waals surface area contributed by atoms with E-state index in [1.807, 2.05) is 78.9 Å². The predicted molar refractivity (Wildman–Crippen MR) is 108 cm³/mol. The van der Waals surface area contributed by atoms with Crippen LogP contribution in [-0.2, 0) is 0 Å². The van der Waals surface area contributed by atoms with Crippen LogP contribution in [0.1, 0.15) is 10.5 Å². The van der Waals surface area contributed by atoms with Crippen LogP contribution in [0, 0.1) is 0 Å².